The van der Waals surface area contributed by atoms with E-state index in [9.17, 15) is 9.90 Å². The van der Waals surface area contributed by atoms with Crippen LogP contribution < -0.4 is 9.64 Å². The number of β-lactam (4-membered cyclic amide) rings is 1. The van der Waals surface area contributed by atoms with Gasteiger partial charge in [0.15, 0.2) is 0 Å². The molecule has 0 spiro atoms. The van der Waals surface area contributed by atoms with Gasteiger partial charge in [-0.2, -0.15) is 0 Å². The van der Waals surface area contributed by atoms with Gasteiger partial charge in [-0.05, 0) is 42.8 Å². The second kappa shape index (κ2) is 8.42. The fourth-order valence-electron chi connectivity index (χ4n) is 3.27. The topological polar surface area (TPSA) is 49.8 Å². The van der Waals surface area contributed by atoms with Gasteiger partial charge in [0.25, 0.3) is 0 Å². The first-order valence-corrected chi connectivity index (χ1v) is 12.9. The molecule has 1 heterocycles. The summed E-state index contributed by atoms with van der Waals surface area (Å²) in [5, 5.41) is 11.5. The van der Waals surface area contributed by atoms with E-state index in [1.807, 2.05) is 12.1 Å². The minimum atomic E-state index is -1.37. The van der Waals surface area contributed by atoms with Gasteiger partial charge in [0.1, 0.15) is 5.75 Å². The van der Waals surface area contributed by atoms with Gasteiger partial charge in [0, 0.05) is 18.8 Å². The van der Waals surface area contributed by atoms with E-state index < -0.39 is 14.2 Å². The minimum Gasteiger partial charge on any atom is -0.497 e. The van der Waals surface area contributed by atoms with Gasteiger partial charge in [-0.1, -0.05) is 37.3 Å². The minimum absolute atomic E-state index is 0.00571. The van der Waals surface area contributed by atoms with Crippen molar-refractivity contribution in [3.05, 3.63) is 48.0 Å². The molecule has 1 fully saturated rings. The smallest absolute Gasteiger partial charge is 0.233 e. The van der Waals surface area contributed by atoms with Crippen molar-refractivity contribution >= 4 is 31.3 Å². The van der Waals surface area contributed by atoms with Crippen LogP contribution in [-0.2, 0) is 4.79 Å². The summed E-state index contributed by atoms with van der Waals surface area (Å²) in [6, 6.07) is 7.73. The summed E-state index contributed by atoms with van der Waals surface area (Å²) in [5.74, 6) is 0.436. The molecule has 6 heteroatoms. The number of halogens is 1. The predicted molar refractivity (Wildman–Crippen MR) is 111 cm³/mol. The van der Waals surface area contributed by atoms with Gasteiger partial charge >= 0.3 is 0 Å². The molecular formula is C20H28ClNO3Si. The van der Waals surface area contributed by atoms with Crippen molar-refractivity contribution in [1.82, 2.24) is 0 Å². The van der Waals surface area contributed by atoms with Crippen molar-refractivity contribution in [2.45, 2.75) is 44.3 Å². The van der Waals surface area contributed by atoms with E-state index in [1.165, 1.54) is 0 Å². The van der Waals surface area contributed by atoms with E-state index in [-0.39, 0.29) is 17.9 Å². The Morgan fingerprint density at radius 2 is 2.00 bits per heavy atom. The number of hydrogen-bond donors (Lipinski definition) is 1. The zero-order valence-electron chi connectivity index (χ0n) is 15.9. The fraction of sp³-hybridized carbons (Fsp3) is 0.450. The largest absolute Gasteiger partial charge is 0.497 e. The number of aliphatic hydroxyl groups excluding tert-OH is 1. The molecule has 1 aromatic rings. The molecule has 3 atom stereocenters. The summed E-state index contributed by atoms with van der Waals surface area (Å²) >= 11 is 6.38. The number of rotatable bonds is 8. The maximum Gasteiger partial charge on any atom is 0.233 e. The van der Waals surface area contributed by atoms with Crippen molar-refractivity contribution < 1.29 is 14.6 Å². The number of allylic oxidation sites excluding steroid dienone is 2. The van der Waals surface area contributed by atoms with Crippen molar-refractivity contribution in [3.63, 3.8) is 0 Å². The van der Waals surface area contributed by atoms with Crippen molar-refractivity contribution in [2.24, 2.45) is 5.92 Å². The lowest BCUT2D eigenvalue weighted by Crippen LogP contribution is -2.65. The number of carbonyl (C=O) groups is 1. The quantitative estimate of drug-likeness (QED) is 0.404. The van der Waals surface area contributed by atoms with Crippen LogP contribution in [0.2, 0.25) is 25.7 Å². The number of nitrogens with zero attached hydrogens (tertiary/aromatic N) is 1. The Morgan fingerprint density at radius 3 is 2.50 bits per heavy atom. The van der Waals surface area contributed by atoms with E-state index in [2.05, 4.69) is 26.2 Å². The fourth-order valence-corrected chi connectivity index (χ4v) is 5.73. The molecule has 1 N–H and O–H groups in total. The van der Waals surface area contributed by atoms with Gasteiger partial charge in [-0.25, -0.2) is 0 Å². The summed E-state index contributed by atoms with van der Waals surface area (Å²) in [7, 11) is 0.226. The number of amides is 1. The summed E-state index contributed by atoms with van der Waals surface area (Å²) in [6.07, 6.45) is 3.14. The summed E-state index contributed by atoms with van der Waals surface area (Å²) in [5.41, 5.74) is 0.745. The van der Waals surface area contributed by atoms with E-state index in [4.69, 9.17) is 16.3 Å². The lowest BCUT2D eigenvalue weighted by atomic mass is 9.80. The number of aliphatic hydroxyl groups is 1. The van der Waals surface area contributed by atoms with Crippen LogP contribution in [0.3, 0.4) is 0 Å². The summed E-state index contributed by atoms with van der Waals surface area (Å²) in [4.78, 5) is 14.3. The van der Waals surface area contributed by atoms with Gasteiger partial charge in [-0.15, -0.1) is 6.58 Å². The van der Waals surface area contributed by atoms with Gasteiger partial charge < -0.3 is 14.7 Å². The monoisotopic (exact) mass is 393 g/mol. The second-order valence-electron chi connectivity index (χ2n) is 7.87. The number of methoxy groups -OCH3 is 1. The molecular weight excluding hydrogens is 366 g/mol. The molecule has 4 nitrogen and oxygen atoms in total. The molecule has 1 aromatic carbocycles. The highest BCUT2D eigenvalue weighted by atomic mass is 35.5. The summed E-state index contributed by atoms with van der Waals surface area (Å²) < 4.78 is 5.17. The van der Waals surface area contributed by atoms with Crippen LogP contribution in [0.1, 0.15) is 6.42 Å². The van der Waals surface area contributed by atoms with E-state index >= 15 is 0 Å². The van der Waals surface area contributed by atoms with Crippen LogP contribution in [0, 0.1) is 5.92 Å². The molecule has 142 valence electrons. The lowest BCUT2D eigenvalue weighted by molar-refractivity contribution is -0.132. The van der Waals surface area contributed by atoms with Crippen LogP contribution >= 0.6 is 11.6 Å². The third kappa shape index (κ3) is 4.78. The van der Waals surface area contributed by atoms with Gasteiger partial charge in [-0.3, -0.25) is 4.79 Å². The van der Waals surface area contributed by atoms with Crippen LogP contribution in [0.25, 0.3) is 0 Å². The average Bonchev–Trinajstić information content (AvgIpc) is 2.55. The SMILES string of the molecule is C=CC[C@H]1C(=O)N(c2ccc(OC)cc2)[C@H]1[C@H](O)/C=C(\Cl)C[Si](C)(C)C. The van der Waals surface area contributed by atoms with Crippen LogP contribution in [0.5, 0.6) is 5.75 Å². The number of benzene rings is 1. The number of hydrogen-bond acceptors (Lipinski definition) is 3. The zero-order valence-corrected chi connectivity index (χ0v) is 17.7. The lowest BCUT2D eigenvalue weighted by Gasteiger charge is -2.48. The standard InChI is InChI=1S/C20H28ClNO3Si/c1-6-7-17-19(18(23)12-14(21)13-26(3,4)5)22(20(17)24)15-8-10-16(25-2)11-9-15/h6,8-12,17-19,23H,1,7,13H2,2-5H3/b14-12-/t17-,18-,19-/m1/s1. The number of ether oxygens (including phenoxy) is 1. The molecule has 1 aliphatic rings. The van der Waals surface area contributed by atoms with Crippen molar-refractivity contribution in [3.8, 4) is 5.75 Å². The molecule has 2 rings (SSSR count). The summed E-state index contributed by atoms with van der Waals surface area (Å²) in [6.45, 7) is 10.4. The maximum atomic E-state index is 12.6. The Balaban J connectivity index is 2.25. The molecule has 1 amide bonds. The molecule has 1 saturated heterocycles. The number of anilines is 1. The third-order valence-electron chi connectivity index (χ3n) is 4.44. The first kappa shape index (κ1) is 20.7. The van der Waals surface area contributed by atoms with Gasteiger partial charge in [0.05, 0.1) is 25.2 Å². The molecule has 0 bridgehead atoms. The second-order valence-corrected chi connectivity index (χ2v) is 13.8. The molecule has 0 radical (unpaired) electrons. The van der Waals surface area contributed by atoms with E-state index in [0.29, 0.717) is 11.5 Å². The Bertz CT molecular complexity index is 681. The van der Waals surface area contributed by atoms with Gasteiger partial charge in [0.2, 0.25) is 5.91 Å². The molecule has 0 aliphatic carbocycles. The zero-order chi connectivity index (χ0) is 19.5. The molecule has 0 aromatic heterocycles. The highest BCUT2D eigenvalue weighted by Gasteiger charge is 2.50. The molecule has 26 heavy (non-hydrogen) atoms. The average molecular weight is 394 g/mol. The molecule has 1 aliphatic heterocycles. The molecule has 0 saturated carbocycles. The highest BCUT2D eigenvalue weighted by molar-refractivity contribution is 6.77. The van der Waals surface area contributed by atoms with Crippen molar-refractivity contribution in [2.75, 3.05) is 12.0 Å². The normalized spacial score (nSPS) is 22.0. The molecule has 0 unspecified atom stereocenters. The van der Waals surface area contributed by atoms with Crippen LogP contribution in [0.4, 0.5) is 5.69 Å². The Labute approximate surface area is 162 Å². The first-order chi connectivity index (χ1) is 12.2. The Kier molecular flexibility index (Phi) is 6.72. The van der Waals surface area contributed by atoms with E-state index in [1.54, 1.807) is 36.3 Å². The Morgan fingerprint density at radius 1 is 1.38 bits per heavy atom. The predicted octanol–water partition coefficient (Wildman–Crippen LogP) is 4.42. The van der Waals surface area contributed by atoms with Crippen molar-refractivity contribution in [1.29, 1.82) is 0 Å². The first-order valence-electron chi connectivity index (χ1n) is 8.80. The Hall–Kier alpha value is -1.56. The third-order valence-corrected chi connectivity index (χ3v) is 6.36. The maximum absolute atomic E-state index is 12.6. The van der Waals surface area contributed by atoms with Crippen LogP contribution in [0.15, 0.2) is 48.0 Å². The van der Waals surface area contributed by atoms with E-state index in [0.717, 1.165) is 17.5 Å². The highest BCUT2D eigenvalue weighted by Crippen LogP contribution is 2.38. The number of carbonyl (C=O) groups excluding carboxylic acids is 1. The van der Waals surface area contributed by atoms with Crippen LogP contribution in [-0.4, -0.2) is 38.3 Å².